The van der Waals surface area contributed by atoms with Gasteiger partial charge in [-0.15, -0.1) is 0 Å². The van der Waals surface area contributed by atoms with E-state index < -0.39 is 0 Å². The van der Waals surface area contributed by atoms with E-state index in [2.05, 4.69) is 36.1 Å². The van der Waals surface area contributed by atoms with Gasteiger partial charge in [-0.1, -0.05) is 53.9 Å². The maximum absolute atomic E-state index is 5.98. The molecule has 1 aliphatic rings. The van der Waals surface area contributed by atoms with Gasteiger partial charge in [-0.25, -0.2) is 9.97 Å². The Morgan fingerprint density at radius 2 is 1.73 bits per heavy atom. The second kappa shape index (κ2) is 9.65. The van der Waals surface area contributed by atoms with Crippen LogP contribution in [-0.2, 0) is 0 Å². The Kier molecular flexibility index (Phi) is 8.21. The molecule has 0 aromatic carbocycles. The molecule has 0 aliphatic heterocycles. The summed E-state index contributed by atoms with van der Waals surface area (Å²) >= 11 is 0. The monoisotopic (exact) mass is 306 g/mol. The number of aromatic nitrogens is 2. The second-order valence-corrected chi connectivity index (χ2v) is 6.35. The molecule has 1 fully saturated rings. The Morgan fingerprint density at radius 3 is 2.27 bits per heavy atom. The highest BCUT2D eigenvalue weighted by molar-refractivity contribution is 5.56. The highest BCUT2D eigenvalue weighted by Crippen LogP contribution is 2.31. The highest BCUT2D eigenvalue weighted by Gasteiger charge is 2.20. The molecule has 4 heteroatoms. The zero-order valence-electron chi connectivity index (χ0n) is 15.0. The molecule has 1 heterocycles. The third kappa shape index (κ3) is 5.15. The molecule has 0 spiro atoms. The van der Waals surface area contributed by atoms with Crippen LogP contribution in [0.25, 0.3) is 0 Å². The lowest BCUT2D eigenvalue weighted by Crippen LogP contribution is -2.22. The van der Waals surface area contributed by atoms with Gasteiger partial charge in [0, 0.05) is 12.1 Å². The molecule has 126 valence electrons. The molecule has 1 aromatic heterocycles. The molecule has 0 bridgehead atoms. The number of hydrogen-bond donors (Lipinski definition) is 2. The summed E-state index contributed by atoms with van der Waals surface area (Å²) in [6, 6.07) is 0. The lowest BCUT2D eigenvalue weighted by molar-refractivity contribution is 0.278. The molecule has 1 aliphatic carbocycles. The fourth-order valence-corrected chi connectivity index (χ4v) is 3.20. The van der Waals surface area contributed by atoms with Crippen LogP contribution in [-0.4, -0.2) is 16.5 Å². The summed E-state index contributed by atoms with van der Waals surface area (Å²) in [5.74, 6) is 3.59. The molecular weight excluding hydrogens is 272 g/mol. The molecule has 0 saturated heterocycles. The topological polar surface area (TPSA) is 63.8 Å². The van der Waals surface area contributed by atoms with E-state index in [4.69, 9.17) is 5.73 Å². The fraction of sp³-hybridized carbons (Fsp3) is 0.778. The summed E-state index contributed by atoms with van der Waals surface area (Å²) in [6.07, 6.45) is 8.32. The van der Waals surface area contributed by atoms with Gasteiger partial charge in [-0.2, -0.15) is 0 Å². The van der Waals surface area contributed by atoms with Crippen LogP contribution in [0.5, 0.6) is 0 Å². The number of rotatable bonds is 5. The van der Waals surface area contributed by atoms with Crippen molar-refractivity contribution in [3.63, 3.8) is 0 Å². The maximum atomic E-state index is 5.98. The summed E-state index contributed by atoms with van der Waals surface area (Å²) in [6.45, 7) is 11.6. The van der Waals surface area contributed by atoms with E-state index in [1.165, 1.54) is 32.1 Å². The number of nitrogen functional groups attached to an aromatic ring is 1. The smallest absolute Gasteiger partial charge is 0.134 e. The van der Waals surface area contributed by atoms with Gasteiger partial charge >= 0.3 is 0 Å². The quantitative estimate of drug-likeness (QED) is 0.817. The summed E-state index contributed by atoms with van der Waals surface area (Å²) in [5.41, 5.74) is 7.03. The maximum Gasteiger partial charge on any atom is 0.134 e. The van der Waals surface area contributed by atoms with Crippen molar-refractivity contribution in [3.05, 3.63) is 11.9 Å². The van der Waals surface area contributed by atoms with Crippen LogP contribution < -0.4 is 11.1 Å². The molecule has 2 rings (SSSR count). The molecular formula is C18H34N4. The van der Waals surface area contributed by atoms with Gasteiger partial charge in [-0.3, -0.25) is 0 Å². The molecule has 22 heavy (non-hydrogen) atoms. The Balaban J connectivity index is 0.00000116. The van der Waals surface area contributed by atoms with Crippen molar-refractivity contribution in [1.82, 2.24) is 9.97 Å². The first-order valence-corrected chi connectivity index (χ1v) is 8.96. The van der Waals surface area contributed by atoms with E-state index in [9.17, 15) is 0 Å². The predicted molar refractivity (Wildman–Crippen MR) is 96.1 cm³/mol. The van der Waals surface area contributed by atoms with Crippen LogP contribution in [0, 0.1) is 11.8 Å². The van der Waals surface area contributed by atoms with Crippen LogP contribution in [0.4, 0.5) is 11.6 Å². The van der Waals surface area contributed by atoms with Crippen molar-refractivity contribution in [3.8, 4) is 0 Å². The third-order valence-corrected chi connectivity index (χ3v) is 4.59. The number of nitrogens with zero attached hydrogens (tertiary/aromatic N) is 2. The molecule has 3 N–H and O–H groups in total. The summed E-state index contributed by atoms with van der Waals surface area (Å²) < 4.78 is 0. The van der Waals surface area contributed by atoms with Crippen molar-refractivity contribution in [2.75, 3.05) is 17.6 Å². The first kappa shape index (κ1) is 18.7. The minimum atomic E-state index is 0.342. The fourth-order valence-electron chi connectivity index (χ4n) is 3.20. The standard InChI is InChI=1S/C16H28N4.C2H6/c1-4-12-5-7-13(8-6-12)9-18-16-14(11(2)3)15(17)19-10-20-16;1-2/h10-13H,4-9H2,1-3H3,(H3,17,18,19,20);1-2H3. The van der Waals surface area contributed by atoms with Crippen LogP contribution in [0.2, 0.25) is 0 Å². The summed E-state index contributed by atoms with van der Waals surface area (Å²) in [7, 11) is 0. The Morgan fingerprint density at radius 1 is 1.14 bits per heavy atom. The molecule has 0 atom stereocenters. The van der Waals surface area contributed by atoms with E-state index >= 15 is 0 Å². The molecule has 0 radical (unpaired) electrons. The van der Waals surface area contributed by atoms with Crippen molar-refractivity contribution in [2.24, 2.45) is 11.8 Å². The Bertz CT molecular complexity index is 423. The van der Waals surface area contributed by atoms with E-state index in [1.807, 2.05) is 13.8 Å². The minimum Gasteiger partial charge on any atom is -0.383 e. The van der Waals surface area contributed by atoms with Gasteiger partial charge in [-0.05, 0) is 30.6 Å². The van der Waals surface area contributed by atoms with E-state index in [1.54, 1.807) is 6.33 Å². The SMILES string of the molecule is CC.CCC1CCC(CNc2ncnc(N)c2C(C)C)CC1. The second-order valence-electron chi connectivity index (χ2n) is 6.35. The van der Waals surface area contributed by atoms with Crippen molar-refractivity contribution < 1.29 is 0 Å². The van der Waals surface area contributed by atoms with Crippen LogP contribution in [0.15, 0.2) is 6.33 Å². The zero-order valence-corrected chi connectivity index (χ0v) is 15.0. The number of anilines is 2. The van der Waals surface area contributed by atoms with Crippen LogP contribution in [0.3, 0.4) is 0 Å². The molecule has 0 amide bonds. The van der Waals surface area contributed by atoms with Gasteiger partial charge in [0.05, 0.1) is 0 Å². The number of nitrogens with one attached hydrogen (secondary N) is 1. The van der Waals surface area contributed by atoms with Crippen LogP contribution >= 0.6 is 0 Å². The third-order valence-electron chi connectivity index (χ3n) is 4.59. The van der Waals surface area contributed by atoms with Gasteiger partial charge in [0.1, 0.15) is 18.0 Å². The van der Waals surface area contributed by atoms with Gasteiger partial charge in [0.25, 0.3) is 0 Å². The molecule has 0 unspecified atom stereocenters. The first-order chi connectivity index (χ1) is 10.6. The number of hydrogen-bond acceptors (Lipinski definition) is 4. The lowest BCUT2D eigenvalue weighted by Gasteiger charge is -2.28. The zero-order chi connectivity index (χ0) is 16.5. The Labute approximate surface area is 136 Å². The molecule has 1 aromatic rings. The first-order valence-electron chi connectivity index (χ1n) is 8.96. The molecule has 4 nitrogen and oxygen atoms in total. The largest absolute Gasteiger partial charge is 0.383 e. The normalized spacial score (nSPS) is 21.2. The van der Waals surface area contributed by atoms with Gasteiger partial charge in [0.15, 0.2) is 0 Å². The van der Waals surface area contributed by atoms with Gasteiger partial charge in [0.2, 0.25) is 0 Å². The summed E-state index contributed by atoms with van der Waals surface area (Å²) in [4.78, 5) is 8.48. The average Bonchev–Trinajstić information content (AvgIpc) is 2.55. The van der Waals surface area contributed by atoms with E-state index in [0.717, 1.165) is 29.8 Å². The lowest BCUT2D eigenvalue weighted by atomic mass is 9.81. The summed E-state index contributed by atoms with van der Waals surface area (Å²) in [5, 5.41) is 3.51. The van der Waals surface area contributed by atoms with E-state index in [-0.39, 0.29) is 0 Å². The number of nitrogens with two attached hydrogens (primary N) is 1. The van der Waals surface area contributed by atoms with Gasteiger partial charge < -0.3 is 11.1 Å². The highest BCUT2D eigenvalue weighted by atomic mass is 15.0. The van der Waals surface area contributed by atoms with Crippen LogP contribution in [0.1, 0.15) is 78.2 Å². The van der Waals surface area contributed by atoms with Crippen molar-refractivity contribution in [1.29, 1.82) is 0 Å². The average molecular weight is 306 g/mol. The van der Waals surface area contributed by atoms with Crippen molar-refractivity contribution >= 4 is 11.6 Å². The van der Waals surface area contributed by atoms with Crippen molar-refractivity contribution in [2.45, 2.75) is 72.6 Å². The van der Waals surface area contributed by atoms with E-state index in [0.29, 0.717) is 11.7 Å². The predicted octanol–water partition coefficient (Wildman–Crippen LogP) is 4.84. The minimum absolute atomic E-state index is 0.342. The Hall–Kier alpha value is -1.32. The molecule has 1 saturated carbocycles.